The summed E-state index contributed by atoms with van der Waals surface area (Å²) in [6.07, 6.45) is 0. The van der Waals surface area contributed by atoms with Gasteiger partial charge in [-0.3, -0.25) is 0 Å². The number of carbonyl (C=O) groups excluding carboxylic acids is 2. The maximum atomic E-state index is 11.2. The van der Waals surface area contributed by atoms with Crippen molar-refractivity contribution in [2.24, 2.45) is 0 Å². The fourth-order valence-electron chi connectivity index (χ4n) is 1.10. The fourth-order valence-corrected chi connectivity index (χ4v) is 2.74. The fraction of sp³-hybridized carbons (Fsp3) is 0. The molecule has 0 saturated heterocycles. The van der Waals surface area contributed by atoms with Gasteiger partial charge in [-0.05, 0) is 53.9 Å². The van der Waals surface area contributed by atoms with E-state index in [0.717, 1.165) is 0 Å². The molecule has 0 radical (unpaired) electrons. The SMILES string of the molecule is O=C1OC(=O)c2cc1c(Br)c(Br)c2Br. The summed E-state index contributed by atoms with van der Waals surface area (Å²) in [5, 5.41) is 0. The molecule has 1 aromatic carbocycles. The van der Waals surface area contributed by atoms with Crippen molar-refractivity contribution in [2.75, 3.05) is 0 Å². The van der Waals surface area contributed by atoms with Crippen molar-refractivity contribution >= 4 is 59.7 Å². The Balaban J connectivity index is 2.84. The van der Waals surface area contributed by atoms with Gasteiger partial charge in [-0.25, -0.2) is 9.59 Å². The molecule has 72 valence electrons. The Morgan fingerprint density at radius 2 is 1.29 bits per heavy atom. The van der Waals surface area contributed by atoms with Crippen LogP contribution in [-0.4, -0.2) is 11.9 Å². The molecule has 2 bridgehead atoms. The summed E-state index contributed by atoms with van der Waals surface area (Å²) in [6, 6.07) is 1.49. The van der Waals surface area contributed by atoms with E-state index in [2.05, 4.69) is 52.5 Å². The molecule has 0 atom stereocenters. The van der Waals surface area contributed by atoms with E-state index in [4.69, 9.17) is 0 Å². The number of cyclic esters (lactones) is 2. The molecule has 0 aromatic heterocycles. The lowest BCUT2D eigenvalue weighted by atomic mass is 10.1. The predicted molar refractivity (Wildman–Crippen MR) is 59.3 cm³/mol. The first-order chi connectivity index (χ1) is 6.52. The third-order valence-electron chi connectivity index (χ3n) is 1.77. The van der Waals surface area contributed by atoms with Crippen LogP contribution >= 0.6 is 47.8 Å². The van der Waals surface area contributed by atoms with Crippen LogP contribution in [0.25, 0.3) is 0 Å². The van der Waals surface area contributed by atoms with Crippen molar-refractivity contribution in [3.8, 4) is 0 Å². The second-order valence-electron chi connectivity index (χ2n) is 2.59. The van der Waals surface area contributed by atoms with Crippen molar-refractivity contribution in [3.63, 3.8) is 0 Å². The number of halogens is 3. The zero-order valence-electron chi connectivity index (χ0n) is 6.44. The standard InChI is InChI=1S/C8HBr3O3/c9-4-2-1-3(5(10)6(4)11)8(13)14-7(2)12/h1H. The van der Waals surface area contributed by atoms with Gasteiger partial charge in [0.2, 0.25) is 0 Å². The van der Waals surface area contributed by atoms with Crippen LogP contribution in [0.1, 0.15) is 20.7 Å². The second kappa shape index (κ2) is 3.43. The normalized spacial score (nSPS) is 14.2. The molecule has 0 amide bonds. The number of hydrogen-bond acceptors (Lipinski definition) is 3. The van der Waals surface area contributed by atoms with E-state index >= 15 is 0 Å². The molecule has 1 aliphatic rings. The van der Waals surface area contributed by atoms with Crippen LogP contribution in [0.5, 0.6) is 0 Å². The van der Waals surface area contributed by atoms with Gasteiger partial charge in [0.1, 0.15) is 0 Å². The van der Waals surface area contributed by atoms with Crippen LogP contribution in [0.15, 0.2) is 19.5 Å². The Kier molecular flexibility index (Phi) is 2.53. The lowest BCUT2D eigenvalue weighted by molar-refractivity contribution is 0.0383. The largest absolute Gasteiger partial charge is 0.386 e. The average Bonchev–Trinajstić information content (AvgIpc) is 2.13. The molecule has 3 nitrogen and oxygen atoms in total. The van der Waals surface area contributed by atoms with Gasteiger partial charge in [0.15, 0.2) is 0 Å². The third-order valence-corrected chi connectivity index (χ3v) is 5.28. The third kappa shape index (κ3) is 1.36. The monoisotopic (exact) mass is 382 g/mol. The van der Waals surface area contributed by atoms with Crippen LogP contribution in [-0.2, 0) is 4.74 Å². The molecule has 1 aromatic rings. The van der Waals surface area contributed by atoms with Gasteiger partial charge < -0.3 is 4.74 Å². The maximum absolute atomic E-state index is 11.2. The number of ether oxygens (including phenoxy) is 1. The number of rotatable bonds is 0. The molecule has 2 rings (SSSR count). The van der Waals surface area contributed by atoms with Gasteiger partial charge >= 0.3 is 11.9 Å². The van der Waals surface area contributed by atoms with Crippen molar-refractivity contribution in [2.45, 2.75) is 0 Å². The first kappa shape index (κ1) is 10.3. The summed E-state index contributed by atoms with van der Waals surface area (Å²) in [5.74, 6) is -1.27. The highest BCUT2D eigenvalue weighted by Gasteiger charge is 2.29. The van der Waals surface area contributed by atoms with Crippen molar-refractivity contribution in [1.82, 2.24) is 0 Å². The quantitative estimate of drug-likeness (QED) is 0.391. The average molecular weight is 385 g/mol. The molecule has 0 aliphatic carbocycles. The highest BCUT2D eigenvalue weighted by molar-refractivity contribution is 9.14. The highest BCUT2D eigenvalue weighted by Crippen LogP contribution is 2.39. The first-order valence-corrected chi connectivity index (χ1v) is 5.84. The Labute approximate surface area is 104 Å². The van der Waals surface area contributed by atoms with E-state index < -0.39 is 11.9 Å². The first-order valence-electron chi connectivity index (χ1n) is 3.46. The molecule has 0 unspecified atom stereocenters. The molecular formula is C8HBr3O3. The zero-order valence-corrected chi connectivity index (χ0v) is 11.2. The summed E-state index contributed by atoms with van der Waals surface area (Å²) < 4.78 is 6.31. The van der Waals surface area contributed by atoms with E-state index in [1.165, 1.54) is 6.07 Å². The van der Waals surface area contributed by atoms with E-state index in [9.17, 15) is 9.59 Å². The molecule has 0 spiro atoms. The van der Waals surface area contributed by atoms with Gasteiger partial charge in [-0.1, -0.05) is 0 Å². The Hall–Kier alpha value is -0.200. The van der Waals surface area contributed by atoms with Crippen LogP contribution in [0.4, 0.5) is 0 Å². The van der Waals surface area contributed by atoms with Crippen molar-refractivity contribution in [1.29, 1.82) is 0 Å². The number of fused-ring (bicyclic) bond motifs is 2. The molecule has 0 saturated carbocycles. The van der Waals surface area contributed by atoms with Gasteiger partial charge in [-0.2, -0.15) is 0 Å². The molecule has 6 heteroatoms. The zero-order chi connectivity index (χ0) is 10.5. The van der Waals surface area contributed by atoms with Gasteiger partial charge in [0.05, 0.1) is 11.1 Å². The van der Waals surface area contributed by atoms with Gasteiger partial charge in [0.25, 0.3) is 0 Å². The predicted octanol–water partition coefficient (Wildman–Crippen LogP) is 3.28. The Morgan fingerprint density at radius 3 is 1.71 bits per heavy atom. The highest BCUT2D eigenvalue weighted by atomic mass is 79.9. The van der Waals surface area contributed by atoms with Gasteiger partial charge in [-0.15, -0.1) is 0 Å². The van der Waals surface area contributed by atoms with E-state index in [1.54, 1.807) is 0 Å². The minimum Gasteiger partial charge on any atom is -0.386 e. The van der Waals surface area contributed by atoms with Gasteiger partial charge in [0, 0.05) is 13.4 Å². The van der Waals surface area contributed by atoms with E-state index in [0.29, 0.717) is 24.5 Å². The summed E-state index contributed by atoms with van der Waals surface area (Å²) in [4.78, 5) is 22.5. The van der Waals surface area contributed by atoms with Crippen LogP contribution in [0.2, 0.25) is 0 Å². The smallest absolute Gasteiger partial charge is 0.347 e. The summed E-state index contributed by atoms with van der Waals surface area (Å²) in [6.45, 7) is 0. The number of carbonyl (C=O) groups is 2. The molecule has 14 heavy (non-hydrogen) atoms. The molecule has 0 N–H and O–H groups in total. The minimum atomic E-state index is -0.637. The molecule has 1 heterocycles. The van der Waals surface area contributed by atoms with Crippen LogP contribution in [0, 0.1) is 0 Å². The Bertz CT molecular complexity index is 429. The summed E-state index contributed by atoms with van der Waals surface area (Å²) in [5.41, 5.74) is 0.685. The minimum absolute atomic E-state index is 0.342. The topological polar surface area (TPSA) is 43.4 Å². The van der Waals surface area contributed by atoms with E-state index in [1.807, 2.05) is 0 Å². The molecule has 1 aliphatic heterocycles. The lowest BCUT2D eigenvalue weighted by Gasteiger charge is -2.15. The lowest BCUT2D eigenvalue weighted by Crippen LogP contribution is -2.20. The van der Waals surface area contributed by atoms with E-state index in [-0.39, 0.29) is 0 Å². The molecule has 0 fully saturated rings. The van der Waals surface area contributed by atoms with Crippen LogP contribution in [0.3, 0.4) is 0 Å². The summed E-state index contributed by atoms with van der Waals surface area (Å²) in [7, 11) is 0. The Morgan fingerprint density at radius 1 is 0.857 bits per heavy atom. The number of hydrogen-bond donors (Lipinski definition) is 0. The maximum Gasteiger partial charge on any atom is 0.347 e. The number of benzene rings is 1. The number of esters is 2. The second-order valence-corrected chi connectivity index (χ2v) is 4.97. The van der Waals surface area contributed by atoms with Crippen molar-refractivity contribution in [3.05, 3.63) is 30.6 Å². The van der Waals surface area contributed by atoms with Crippen molar-refractivity contribution < 1.29 is 14.3 Å². The summed E-state index contributed by atoms with van der Waals surface area (Å²) >= 11 is 9.72. The molecular weight excluding hydrogens is 384 g/mol. The van der Waals surface area contributed by atoms with Crippen LogP contribution < -0.4 is 0 Å².